The lowest BCUT2D eigenvalue weighted by molar-refractivity contribution is 0.136. The molecule has 0 radical (unpaired) electrons. The van der Waals surface area contributed by atoms with Crippen molar-refractivity contribution < 1.29 is 4.74 Å². The van der Waals surface area contributed by atoms with Crippen LogP contribution in [-0.4, -0.2) is 28.8 Å². The molecule has 1 aromatic rings. The third kappa shape index (κ3) is 3.71. The molecule has 0 bridgehead atoms. The highest BCUT2D eigenvalue weighted by molar-refractivity contribution is 7.80. The van der Waals surface area contributed by atoms with Gasteiger partial charge in [0.25, 0.3) is 0 Å². The summed E-state index contributed by atoms with van der Waals surface area (Å²) in [7, 11) is 0. The van der Waals surface area contributed by atoms with Crippen molar-refractivity contribution in [3.63, 3.8) is 0 Å². The standard InChI is InChI=1S/C17H23N3OS/c1-6-11-20-15(18-19-16(20)22)12(2)21-14-9-7-13(8-10-14)17(3,4)5/h6-10,12,15H,1,11H2,2-5H3. The molecule has 0 spiro atoms. The van der Waals surface area contributed by atoms with Crippen LogP contribution in [0.2, 0.25) is 0 Å². The van der Waals surface area contributed by atoms with Gasteiger partial charge in [0.2, 0.25) is 5.11 Å². The minimum atomic E-state index is -0.201. The zero-order valence-corrected chi connectivity index (χ0v) is 14.4. The predicted molar refractivity (Wildman–Crippen MR) is 93.4 cm³/mol. The number of rotatable bonds is 5. The van der Waals surface area contributed by atoms with Gasteiger partial charge in [-0.1, -0.05) is 39.0 Å². The average Bonchev–Trinajstić information content (AvgIpc) is 2.80. The Morgan fingerprint density at radius 3 is 2.55 bits per heavy atom. The molecule has 1 aromatic carbocycles. The van der Waals surface area contributed by atoms with Crippen molar-refractivity contribution in [3.8, 4) is 5.75 Å². The summed E-state index contributed by atoms with van der Waals surface area (Å²) in [6.45, 7) is 12.9. The van der Waals surface area contributed by atoms with Crippen molar-refractivity contribution in [2.24, 2.45) is 10.2 Å². The third-order valence-corrected chi connectivity index (χ3v) is 3.93. The maximum atomic E-state index is 6.00. The lowest BCUT2D eigenvalue weighted by Crippen LogP contribution is -2.42. The molecule has 0 amide bonds. The predicted octanol–water partition coefficient (Wildman–Crippen LogP) is 4.32. The second-order valence-corrected chi connectivity index (χ2v) is 6.82. The maximum Gasteiger partial charge on any atom is 0.218 e. The van der Waals surface area contributed by atoms with Crippen LogP contribution >= 0.6 is 12.2 Å². The molecule has 0 saturated heterocycles. The lowest BCUT2D eigenvalue weighted by atomic mass is 9.87. The molecule has 1 heterocycles. The van der Waals surface area contributed by atoms with Gasteiger partial charge in [-0.15, -0.1) is 11.7 Å². The van der Waals surface area contributed by atoms with Gasteiger partial charge in [0.1, 0.15) is 11.9 Å². The summed E-state index contributed by atoms with van der Waals surface area (Å²) in [6.07, 6.45) is 1.44. The fourth-order valence-corrected chi connectivity index (χ4v) is 2.55. The van der Waals surface area contributed by atoms with Gasteiger partial charge in [-0.2, -0.15) is 5.11 Å². The van der Waals surface area contributed by atoms with E-state index in [0.29, 0.717) is 11.7 Å². The van der Waals surface area contributed by atoms with E-state index < -0.39 is 0 Å². The Labute approximate surface area is 137 Å². The first-order valence-corrected chi connectivity index (χ1v) is 7.83. The highest BCUT2D eigenvalue weighted by Gasteiger charge is 2.31. The Bertz CT molecular complexity index is 575. The van der Waals surface area contributed by atoms with Crippen LogP contribution in [0.25, 0.3) is 0 Å². The molecule has 1 aliphatic rings. The Morgan fingerprint density at radius 1 is 1.36 bits per heavy atom. The highest BCUT2D eigenvalue weighted by Crippen LogP contribution is 2.26. The van der Waals surface area contributed by atoms with E-state index in [0.717, 1.165) is 5.75 Å². The van der Waals surface area contributed by atoms with Crippen LogP contribution in [0.1, 0.15) is 33.3 Å². The second kappa shape index (κ2) is 6.57. The summed E-state index contributed by atoms with van der Waals surface area (Å²) in [5.74, 6) is 0.826. The number of ether oxygens (including phenoxy) is 1. The van der Waals surface area contributed by atoms with Gasteiger partial charge in [0.15, 0.2) is 6.17 Å². The first-order valence-electron chi connectivity index (χ1n) is 7.42. The van der Waals surface area contributed by atoms with E-state index in [1.807, 2.05) is 24.0 Å². The van der Waals surface area contributed by atoms with Gasteiger partial charge in [0.05, 0.1) is 0 Å². The number of hydrogen-bond donors (Lipinski definition) is 0. The summed E-state index contributed by atoms with van der Waals surface area (Å²) in [4.78, 5) is 1.91. The van der Waals surface area contributed by atoms with E-state index in [2.05, 4.69) is 49.7 Å². The van der Waals surface area contributed by atoms with Crippen LogP contribution in [0, 0.1) is 0 Å². The number of nitrogens with zero attached hydrogens (tertiary/aromatic N) is 3. The Morgan fingerprint density at radius 2 is 2.00 bits per heavy atom. The molecular formula is C17H23N3OS. The molecule has 4 nitrogen and oxygen atoms in total. The quantitative estimate of drug-likeness (QED) is 0.599. The number of thiocarbonyl (C=S) groups is 1. The van der Waals surface area contributed by atoms with Gasteiger partial charge in [-0.05, 0) is 42.3 Å². The van der Waals surface area contributed by atoms with Gasteiger partial charge >= 0.3 is 0 Å². The number of benzene rings is 1. The molecule has 22 heavy (non-hydrogen) atoms. The molecule has 0 saturated carbocycles. The Kier molecular flexibility index (Phi) is 4.96. The first kappa shape index (κ1) is 16.6. The SMILES string of the molecule is C=CCN1C(=S)N=NC1C(C)Oc1ccc(C(C)(C)C)cc1. The van der Waals surface area contributed by atoms with Crippen molar-refractivity contribution in [3.05, 3.63) is 42.5 Å². The number of azo groups is 1. The zero-order valence-electron chi connectivity index (χ0n) is 13.6. The summed E-state index contributed by atoms with van der Waals surface area (Å²) >= 11 is 5.19. The molecule has 2 rings (SSSR count). The molecule has 2 unspecified atom stereocenters. The average molecular weight is 317 g/mol. The molecule has 2 atom stereocenters. The topological polar surface area (TPSA) is 37.2 Å². The fraction of sp³-hybridized carbons (Fsp3) is 0.471. The largest absolute Gasteiger partial charge is 0.486 e. The van der Waals surface area contributed by atoms with Crippen LogP contribution in [0.5, 0.6) is 5.75 Å². The summed E-state index contributed by atoms with van der Waals surface area (Å²) < 4.78 is 6.00. The minimum Gasteiger partial charge on any atom is -0.486 e. The van der Waals surface area contributed by atoms with Crippen LogP contribution < -0.4 is 4.74 Å². The van der Waals surface area contributed by atoms with Crippen LogP contribution in [-0.2, 0) is 5.41 Å². The fourth-order valence-electron chi connectivity index (χ4n) is 2.32. The summed E-state index contributed by atoms with van der Waals surface area (Å²) in [5.41, 5.74) is 1.42. The zero-order chi connectivity index (χ0) is 16.3. The molecular weight excluding hydrogens is 294 g/mol. The molecule has 0 aliphatic carbocycles. The Hall–Kier alpha value is -1.75. The smallest absolute Gasteiger partial charge is 0.218 e. The van der Waals surface area contributed by atoms with Crippen molar-refractivity contribution in [1.29, 1.82) is 0 Å². The number of hydrogen-bond acceptors (Lipinski definition) is 3. The van der Waals surface area contributed by atoms with E-state index >= 15 is 0 Å². The lowest BCUT2D eigenvalue weighted by Gasteiger charge is -2.27. The normalized spacial score (nSPS) is 19.4. The molecule has 0 fully saturated rings. The Balaban J connectivity index is 2.05. The van der Waals surface area contributed by atoms with E-state index in [9.17, 15) is 0 Å². The molecule has 118 valence electrons. The van der Waals surface area contributed by atoms with Gasteiger partial charge < -0.3 is 9.64 Å². The summed E-state index contributed by atoms with van der Waals surface area (Å²) in [5, 5.41) is 8.68. The van der Waals surface area contributed by atoms with Crippen molar-refractivity contribution in [2.75, 3.05) is 6.54 Å². The van der Waals surface area contributed by atoms with E-state index in [-0.39, 0.29) is 17.7 Å². The summed E-state index contributed by atoms with van der Waals surface area (Å²) in [6, 6.07) is 8.20. The minimum absolute atomic E-state index is 0.136. The first-order chi connectivity index (χ1) is 10.3. The van der Waals surface area contributed by atoms with Crippen molar-refractivity contribution in [1.82, 2.24) is 4.90 Å². The second-order valence-electron chi connectivity index (χ2n) is 6.45. The van der Waals surface area contributed by atoms with E-state index in [1.165, 1.54) is 5.56 Å². The van der Waals surface area contributed by atoms with Crippen molar-refractivity contribution in [2.45, 2.75) is 45.4 Å². The maximum absolute atomic E-state index is 6.00. The van der Waals surface area contributed by atoms with E-state index in [4.69, 9.17) is 17.0 Å². The van der Waals surface area contributed by atoms with Crippen molar-refractivity contribution >= 4 is 17.3 Å². The van der Waals surface area contributed by atoms with Gasteiger partial charge in [0, 0.05) is 6.54 Å². The van der Waals surface area contributed by atoms with Gasteiger partial charge in [-0.3, -0.25) is 0 Å². The molecule has 0 aromatic heterocycles. The third-order valence-electron chi connectivity index (χ3n) is 3.61. The highest BCUT2D eigenvalue weighted by atomic mass is 32.1. The molecule has 5 heteroatoms. The van der Waals surface area contributed by atoms with E-state index in [1.54, 1.807) is 6.08 Å². The van der Waals surface area contributed by atoms with Crippen LogP contribution in [0.15, 0.2) is 47.1 Å². The molecule has 1 aliphatic heterocycles. The van der Waals surface area contributed by atoms with Gasteiger partial charge in [-0.25, -0.2) is 0 Å². The molecule has 0 N–H and O–H groups in total. The monoisotopic (exact) mass is 317 g/mol. The van der Waals surface area contributed by atoms with Crippen LogP contribution in [0.4, 0.5) is 0 Å². The van der Waals surface area contributed by atoms with Crippen LogP contribution in [0.3, 0.4) is 0 Å².